The van der Waals surface area contributed by atoms with Crippen LogP contribution in [0.15, 0.2) is 65.7 Å². The third kappa shape index (κ3) is 7.51. The quantitative estimate of drug-likeness (QED) is 0.355. The van der Waals surface area contributed by atoms with E-state index in [1.807, 2.05) is 19.1 Å². The molecular formula is C22H32N4O2S. The molecule has 0 amide bonds. The Morgan fingerprint density at radius 3 is 2.00 bits per heavy atom. The van der Waals surface area contributed by atoms with Gasteiger partial charge in [0.05, 0.1) is 6.26 Å². The molecule has 0 unspecified atom stereocenters. The van der Waals surface area contributed by atoms with Gasteiger partial charge in [-0.2, -0.15) is 0 Å². The van der Waals surface area contributed by atoms with Gasteiger partial charge in [0.25, 0.3) is 0 Å². The van der Waals surface area contributed by atoms with Crippen molar-refractivity contribution in [2.45, 2.75) is 19.3 Å². The second-order valence-corrected chi connectivity index (χ2v) is 8.84. The van der Waals surface area contributed by atoms with Crippen LogP contribution in [0.2, 0.25) is 0 Å². The monoisotopic (exact) mass is 416 g/mol. The Kier molecular flexibility index (Phi) is 9.15. The Morgan fingerprint density at radius 2 is 1.55 bits per heavy atom. The average Bonchev–Trinajstić information content (AvgIpc) is 2.73. The van der Waals surface area contributed by atoms with Crippen molar-refractivity contribution >= 4 is 16.0 Å². The Bertz CT molecular complexity index is 815. The number of hydrogen-bond donors (Lipinski definition) is 2. The van der Waals surface area contributed by atoms with E-state index in [0.717, 1.165) is 0 Å². The normalized spacial score (nSPS) is 12.4. The molecule has 0 aliphatic heterocycles. The molecule has 158 valence electrons. The molecule has 0 saturated carbocycles. The summed E-state index contributed by atoms with van der Waals surface area (Å²) in [6, 6.07) is 20.8. The molecule has 0 atom stereocenters. The van der Waals surface area contributed by atoms with Gasteiger partial charge in [-0.15, -0.1) is 0 Å². The maximum absolute atomic E-state index is 11.7. The van der Waals surface area contributed by atoms with Crippen LogP contribution in [0.3, 0.4) is 0 Å². The number of rotatable bonds is 10. The first-order chi connectivity index (χ1) is 14.0. The number of benzene rings is 2. The number of nitrogens with one attached hydrogen (secondary N) is 2. The number of sulfonamides is 1. The van der Waals surface area contributed by atoms with E-state index in [1.54, 1.807) is 7.05 Å². The fourth-order valence-corrected chi connectivity index (χ4v) is 4.17. The van der Waals surface area contributed by atoms with E-state index in [-0.39, 0.29) is 5.92 Å². The Hall–Kier alpha value is -2.38. The standard InChI is InChI=1S/C22H32N4O2S/c1-4-26(29(3,27)28)17-11-16-24-22(23-2)25-18-21(19-12-7-5-8-13-19)20-14-9-6-10-15-20/h5-10,12-15,21H,4,11,16-18H2,1-3H3,(H2,23,24,25). The predicted octanol–water partition coefficient (Wildman–Crippen LogP) is 2.66. The molecule has 2 N–H and O–H groups in total. The predicted molar refractivity (Wildman–Crippen MR) is 121 cm³/mol. The van der Waals surface area contributed by atoms with Crippen molar-refractivity contribution in [3.05, 3.63) is 71.8 Å². The molecule has 7 heteroatoms. The third-order valence-corrected chi connectivity index (χ3v) is 6.18. The minimum Gasteiger partial charge on any atom is -0.356 e. The summed E-state index contributed by atoms with van der Waals surface area (Å²) >= 11 is 0. The first kappa shape index (κ1) is 22.9. The number of nitrogens with zero attached hydrogens (tertiary/aromatic N) is 2. The van der Waals surface area contributed by atoms with E-state index < -0.39 is 10.0 Å². The molecule has 2 aromatic carbocycles. The van der Waals surface area contributed by atoms with Crippen molar-refractivity contribution in [1.29, 1.82) is 0 Å². The molecule has 0 aromatic heterocycles. The maximum atomic E-state index is 11.7. The van der Waals surface area contributed by atoms with Gasteiger partial charge in [0, 0.05) is 39.1 Å². The van der Waals surface area contributed by atoms with Crippen LogP contribution in [0.25, 0.3) is 0 Å². The molecule has 2 aromatic rings. The highest BCUT2D eigenvalue weighted by atomic mass is 32.2. The summed E-state index contributed by atoms with van der Waals surface area (Å²) in [7, 11) is -1.40. The highest BCUT2D eigenvalue weighted by Gasteiger charge is 2.15. The highest BCUT2D eigenvalue weighted by molar-refractivity contribution is 7.88. The first-order valence-corrected chi connectivity index (χ1v) is 11.8. The minimum absolute atomic E-state index is 0.205. The molecular weight excluding hydrogens is 384 g/mol. The zero-order chi connectivity index (χ0) is 21.1. The van der Waals surface area contributed by atoms with E-state index in [9.17, 15) is 8.42 Å². The van der Waals surface area contributed by atoms with Gasteiger partial charge < -0.3 is 10.6 Å². The van der Waals surface area contributed by atoms with Crippen molar-refractivity contribution < 1.29 is 8.42 Å². The van der Waals surface area contributed by atoms with Crippen LogP contribution in [0, 0.1) is 0 Å². The summed E-state index contributed by atoms with van der Waals surface area (Å²) in [5, 5.41) is 6.68. The second kappa shape index (κ2) is 11.6. The minimum atomic E-state index is -3.14. The van der Waals surface area contributed by atoms with E-state index in [4.69, 9.17) is 0 Å². The lowest BCUT2D eigenvalue weighted by atomic mass is 9.91. The van der Waals surface area contributed by atoms with Gasteiger partial charge in [-0.25, -0.2) is 12.7 Å². The van der Waals surface area contributed by atoms with Gasteiger partial charge in [0.1, 0.15) is 0 Å². The lowest BCUT2D eigenvalue weighted by Gasteiger charge is -2.21. The smallest absolute Gasteiger partial charge is 0.211 e. The topological polar surface area (TPSA) is 73.8 Å². The fraction of sp³-hybridized carbons (Fsp3) is 0.409. The van der Waals surface area contributed by atoms with Crippen molar-refractivity contribution in [3.8, 4) is 0 Å². The Morgan fingerprint density at radius 1 is 1.00 bits per heavy atom. The van der Waals surface area contributed by atoms with Gasteiger partial charge in [-0.05, 0) is 17.5 Å². The summed E-state index contributed by atoms with van der Waals surface area (Å²) in [4.78, 5) is 4.30. The molecule has 29 heavy (non-hydrogen) atoms. The first-order valence-electron chi connectivity index (χ1n) is 9.95. The summed E-state index contributed by atoms with van der Waals surface area (Å²) < 4.78 is 24.8. The van der Waals surface area contributed by atoms with Crippen LogP contribution in [-0.4, -0.2) is 58.2 Å². The second-order valence-electron chi connectivity index (χ2n) is 6.86. The van der Waals surface area contributed by atoms with Crippen molar-refractivity contribution in [2.24, 2.45) is 4.99 Å². The van der Waals surface area contributed by atoms with Crippen LogP contribution < -0.4 is 10.6 Å². The summed E-state index contributed by atoms with van der Waals surface area (Å²) in [5.41, 5.74) is 2.49. The molecule has 0 saturated heterocycles. The molecule has 0 aliphatic carbocycles. The highest BCUT2D eigenvalue weighted by Crippen LogP contribution is 2.23. The average molecular weight is 417 g/mol. The van der Waals surface area contributed by atoms with Crippen LogP contribution in [0.5, 0.6) is 0 Å². The lowest BCUT2D eigenvalue weighted by Crippen LogP contribution is -2.41. The molecule has 0 spiro atoms. The Balaban J connectivity index is 1.92. The molecule has 0 bridgehead atoms. The molecule has 2 rings (SSSR count). The van der Waals surface area contributed by atoms with E-state index in [0.29, 0.717) is 38.6 Å². The van der Waals surface area contributed by atoms with Gasteiger partial charge in [0.2, 0.25) is 10.0 Å². The van der Waals surface area contributed by atoms with Crippen LogP contribution >= 0.6 is 0 Å². The largest absolute Gasteiger partial charge is 0.356 e. The van der Waals surface area contributed by atoms with E-state index in [2.05, 4.69) is 64.2 Å². The molecule has 0 fully saturated rings. The lowest BCUT2D eigenvalue weighted by molar-refractivity contribution is 0.424. The fourth-order valence-electron chi connectivity index (χ4n) is 3.24. The number of hydrogen-bond acceptors (Lipinski definition) is 3. The summed E-state index contributed by atoms with van der Waals surface area (Å²) in [5.74, 6) is 0.918. The van der Waals surface area contributed by atoms with Crippen LogP contribution in [0.4, 0.5) is 0 Å². The van der Waals surface area contributed by atoms with Gasteiger partial charge >= 0.3 is 0 Å². The van der Waals surface area contributed by atoms with Gasteiger partial charge in [-0.1, -0.05) is 67.6 Å². The molecule has 0 radical (unpaired) electrons. The summed E-state index contributed by atoms with van der Waals surface area (Å²) in [6.45, 7) is 4.19. The van der Waals surface area contributed by atoms with E-state index in [1.165, 1.54) is 21.7 Å². The Labute approximate surface area is 175 Å². The van der Waals surface area contributed by atoms with Gasteiger partial charge in [0.15, 0.2) is 5.96 Å². The zero-order valence-corrected chi connectivity index (χ0v) is 18.3. The van der Waals surface area contributed by atoms with Crippen LogP contribution in [-0.2, 0) is 10.0 Å². The van der Waals surface area contributed by atoms with Gasteiger partial charge in [-0.3, -0.25) is 4.99 Å². The molecule has 0 aliphatic rings. The number of aliphatic imine (C=N–C) groups is 1. The SMILES string of the molecule is CCN(CCCNC(=NC)NCC(c1ccccc1)c1ccccc1)S(C)(=O)=O. The van der Waals surface area contributed by atoms with Crippen molar-refractivity contribution in [2.75, 3.05) is 39.5 Å². The number of guanidine groups is 1. The summed E-state index contributed by atoms with van der Waals surface area (Å²) in [6.07, 6.45) is 1.96. The zero-order valence-electron chi connectivity index (χ0n) is 17.5. The van der Waals surface area contributed by atoms with Crippen LogP contribution in [0.1, 0.15) is 30.4 Å². The van der Waals surface area contributed by atoms with Crippen molar-refractivity contribution in [1.82, 2.24) is 14.9 Å². The van der Waals surface area contributed by atoms with Crippen molar-refractivity contribution in [3.63, 3.8) is 0 Å². The molecule has 6 nitrogen and oxygen atoms in total. The third-order valence-electron chi connectivity index (χ3n) is 4.80. The maximum Gasteiger partial charge on any atom is 0.211 e. The van der Waals surface area contributed by atoms with E-state index >= 15 is 0 Å². The molecule has 0 heterocycles.